The monoisotopic (exact) mass is 426 g/mol. The van der Waals surface area contributed by atoms with Crippen molar-refractivity contribution in [2.24, 2.45) is 0 Å². The quantitative estimate of drug-likeness (QED) is 0.656. The predicted octanol–water partition coefficient (Wildman–Crippen LogP) is 1.62. The van der Waals surface area contributed by atoms with Gasteiger partial charge in [0.25, 0.3) is 5.91 Å². The van der Waals surface area contributed by atoms with E-state index in [0.717, 1.165) is 0 Å². The van der Waals surface area contributed by atoms with E-state index in [4.69, 9.17) is 0 Å². The molecule has 2 rings (SSSR count). The molecule has 1 amide bonds. The number of nitrogens with one attached hydrogen (secondary N) is 2. The molecule has 1 aromatic carbocycles. The van der Waals surface area contributed by atoms with Crippen LogP contribution in [0.3, 0.4) is 0 Å². The van der Waals surface area contributed by atoms with Crippen LogP contribution in [0.4, 0.5) is 5.82 Å². The molecule has 134 valence electrons. The van der Waals surface area contributed by atoms with Gasteiger partial charge < -0.3 is 10.2 Å². The third-order valence-electron chi connectivity index (χ3n) is 3.26. The molecule has 0 saturated carbocycles. The Morgan fingerprint density at radius 3 is 2.52 bits per heavy atom. The maximum absolute atomic E-state index is 12.3. The van der Waals surface area contributed by atoms with Crippen LogP contribution in [0.1, 0.15) is 10.4 Å². The summed E-state index contributed by atoms with van der Waals surface area (Å²) in [5.41, 5.74) is 0.408. The van der Waals surface area contributed by atoms with Crippen molar-refractivity contribution in [2.45, 2.75) is 4.90 Å². The molecular formula is C16H19BrN4O3S. The zero-order valence-electron chi connectivity index (χ0n) is 13.9. The van der Waals surface area contributed by atoms with Crippen LogP contribution in [-0.2, 0) is 10.0 Å². The number of hydrogen-bond donors (Lipinski definition) is 2. The summed E-state index contributed by atoms with van der Waals surface area (Å²) in [6, 6.07) is 9.74. The third kappa shape index (κ3) is 5.25. The van der Waals surface area contributed by atoms with E-state index in [1.54, 1.807) is 49.5 Å². The molecule has 0 radical (unpaired) electrons. The van der Waals surface area contributed by atoms with Gasteiger partial charge in [-0.05, 0) is 34.1 Å². The summed E-state index contributed by atoms with van der Waals surface area (Å²) in [7, 11) is 0.00478. The molecule has 25 heavy (non-hydrogen) atoms. The van der Waals surface area contributed by atoms with Crippen molar-refractivity contribution >= 4 is 37.7 Å². The molecule has 0 fully saturated rings. The first-order valence-corrected chi connectivity index (χ1v) is 9.74. The summed E-state index contributed by atoms with van der Waals surface area (Å²) in [4.78, 5) is 18.5. The summed E-state index contributed by atoms with van der Waals surface area (Å²) in [5.74, 6) is 0.210. The smallest absolute Gasteiger partial charge is 0.255 e. The number of halogens is 1. The van der Waals surface area contributed by atoms with Gasteiger partial charge in [-0.1, -0.05) is 18.2 Å². The van der Waals surface area contributed by atoms with Crippen molar-refractivity contribution < 1.29 is 13.2 Å². The lowest BCUT2D eigenvalue weighted by atomic mass is 10.2. The molecule has 0 aliphatic heterocycles. The Hall–Kier alpha value is -1.97. The van der Waals surface area contributed by atoms with E-state index in [9.17, 15) is 13.2 Å². The second-order valence-electron chi connectivity index (χ2n) is 5.39. The van der Waals surface area contributed by atoms with Crippen molar-refractivity contribution in [3.8, 4) is 0 Å². The lowest BCUT2D eigenvalue weighted by Crippen LogP contribution is -2.35. The Morgan fingerprint density at radius 1 is 1.20 bits per heavy atom. The molecular weight excluding hydrogens is 408 g/mol. The predicted molar refractivity (Wildman–Crippen MR) is 100 cm³/mol. The lowest BCUT2D eigenvalue weighted by Gasteiger charge is -2.16. The largest absolute Gasteiger partial charge is 0.362 e. The van der Waals surface area contributed by atoms with Crippen LogP contribution in [0.2, 0.25) is 0 Å². The van der Waals surface area contributed by atoms with Crippen molar-refractivity contribution in [3.05, 3.63) is 52.6 Å². The molecule has 0 saturated heterocycles. The molecule has 7 nitrogen and oxygen atoms in total. The molecule has 0 unspecified atom stereocenters. The van der Waals surface area contributed by atoms with E-state index in [1.807, 2.05) is 0 Å². The number of hydrogen-bond acceptors (Lipinski definition) is 5. The highest BCUT2D eigenvalue weighted by Gasteiger charge is 2.16. The van der Waals surface area contributed by atoms with Crippen LogP contribution >= 0.6 is 15.9 Å². The number of amides is 1. The van der Waals surface area contributed by atoms with E-state index in [-0.39, 0.29) is 23.9 Å². The first-order chi connectivity index (χ1) is 11.8. The zero-order chi connectivity index (χ0) is 18.4. The molecule has 0 aliphatic rings. The molecule has 0 bridgehead atoms. The van der Waals surface area contributed by atoms with Crippen LogP contribution in [0, 0.1) is 0 Å². The summed E-state index contributed by atoms with van der Waals surface area (Å²) < 4.78 is 27.3. The molecule has 0 spiro atoms. The Labute approximate surface area is 155 Å². The standard InChI is InChI=1S/C16H19BrN4O3S/c1-21(2)15-14(10-12(17)11-19-15)16(22)18-8-9-20-25(23,24)13-6-4-3-5-7-13/h3-7,10-11,20H,8-9H2,1-2H3,(H,18,22). The third-order valence-corrected chi connectivity index (χ3v) is 5.17. The molecule has 0 atom stereocenters. The number of nitrogens with zero attached hydrogens (tertiary/aromatic N) is 2. The van der Waals surface area contributed by atoms with Crippen molar-refractivity contribution in [1.29, 1.82) is 0 Å². The minimum atomic E-state index is -3.58. The van der Waals surface area contributed by atoms with Crippen LogP contribution in [0.15, 0.2) is 52.0 Å². The van der Waals surface area contributed by atoms with Gasteiger partial charge in [0.15, 0.2) is 0 Å². The van der Waals surface area contributed by atoms with Gasteiger partial charge >= 0.3 is 0 Å². The maximum atomic E-state index is 12.3. The minimum Gasteiger partial charge on any atom is -0.362 e. The minimum absolute atomic E-state index is 0.0850. The second-order valence-corrected chi connectivity index (χ2v) is 8.07. The Bertz CT molecular complexity index is 842. The van der Waals surface area contributed by atoms with E-state index in [2.05, 4.69) is 31.0 Å². The molecule has 9 heteroatoms. The maximum Gasteiger partial charge on any atom is 0.255 e. The Balaban J connectivity index is 1.94. The Kier molecular flexibility index (Phi) is 6.51. The average Bonchev–Trinajstić information content (AvgIpc) is 2.59. The lowest BCUT2D eigenvalue weighted by molar-refractivity contribution is 0.0954. The SMILES string of the molecule is CN(C)c1ncc(Br)cc1C(=O)NCCNS(=O)(=O)c1ccccc1. The van der Waals surface area contributed by atoms with Gasteiger partial charge in [-0.3, -0.25) is 4.79 Å². The number of anilines is 1. The zero-order valence-corrected chi connectivity index (χ0v) is 16.3. The topological polar surface area (TPSA) is 91.4 Å². The van der Waals surface area contributed by atoms with Gasteiger partial charge in [-0.25, -0.2) is 18.1 Å². The van der Waals surface area contributed by atoms with Crippen LogP contribution < -0.4 is 14.9 Å². The van der Waals surface area contributed by atoms with Crippen molar-refractivity contribution in [2.75, 3.05) is 32.1 Å². The molecule has 2 N–H and O–H groups in total. The van der Waals surface area contributed by atoms with Crippen LogP contribution in [0.5, 0.6) is 0 Å². The molecule has 1 heterocycles. The van der Waals surface area contributed by atoms with Gasteiger partial charge in [0.2, 0.25) is 10.0 Å². The highest BCUT2D eigenvalue weighted by Crippen LogP contribution is 2.19. The van der Waals surface area contributed by atoms with Crippen LogP contribution in [0.25, 0.3) is 0 Å². The van der Waals surface area contributed by atoms with E-state index in [0.29, 0.717) is 15.9 Å². The number of benzene rings is 1. The van der Waals surface area contributed by atoms with Crippen LogP contribution in [-0.4, -0.2) is 46.5 Å². The second kappa shape index (κ2) is 8.41. The first kappa shape index (κ1) is 19.4. The molecule has 2 aromatic rings. The number of aromatic nitrogens is 1. The Morgan fingerprint density at radius 2 is 1.88 bits per heavy atom. The summed E-state index contributed by atoms with van der Waals surface area (Å²) in [6.07, 6.45) is 1.61. The summed E-state index contributed by atoms with van der Waals surface area (Å²) in [5, 5.41) is 2.69. The summed E-state index contributed by atoms with van der Waals surface area (Å²) >= 11 is 3.29. The van der Waals surface area contributed by atoms with Gasteiger partial charge in [0.05, 0.1) is 10.5 Å². The van der Waals surface area contributed by atoms with Crippen molar-refractivity contribution in [1.82, 2.24) is 15.0 Å². The van der Waals surface area contributed by atoms with Gasteiger partial charge in [-0.2, -0.15) is 0 Å². The van der Waals surface area contributed by atoms with E-state index >= 15 is 0 Å². The van der Waals surface area contributed by atoms with E-state index in [1.165, 1.54) is 12.1 Å². The van der Waals surface area contributed by atoms with E-state index < -0.39 is 10.0 Å². The first-order valence-electron chi connectivity index (χ1n) is 7.47. The number of carbonyl (C=O) groups is 1. The highest BCUT2D eigenvalue weighted by atomic mass is 79.9. The molecule has 0 aliphatic carbocycles. The van der Waals surface area contributed by atoms with Gasteiger partial charge in [-0.15, -0.1) is 0 Å². The number of sulfonamides is 1. The fourth-order valence-electron chi connectivity index (χ4n) is 2.10. The number of pyridine rings is 1. The fourth-order valence-corrected chi connectivity index (χ4v) is 3.48. The van der Waals surface area contributed by atoms with Crippen molar-refractivity contribution in [3.63, 3.8) is 0 Å². The highest BCUT2D eigenvalue weighted by molar-refractivity contribution is 9.10. The summed E-state index contributed by atoms with van der Waals surface area (Å²) in [6.45, 7) is 0.242. The fraction of sp³-hybridized carbons (Fsp3) is 0.250. The molecule has 1 aromatic heterocycles. The normalized spacial score (nSPS) is 11.2. The average molecular weight is 427 g/mol. The number of rotatable bonds is 7. The van der Waals surface area contributed by atoms with Gasteiger partial charge in [0.1, 0.15) is 5.82 Å². The number of carbonyl (C=O) groups excluding carboxylic acids is 1. The van der Waals surface area contributed by atoms with Gasteiger partial charge in [0, 0.05) is 37.9 Å².